The van der Waals surface area contributed by atoms with Crippen LogP contribution >= 0.6 is 11.8 Å². The summed E-state index contributed by atoms with van der Waals surface area (Å²) in [6, 6.07) is 24.0. The summed E-state index contributed by atoms with van der Waals surface area (Å²) in [5, 5.41) is 12.7. The highest BCUT2D eigenvalue weighted by molar-refractivity contribution is 7.99. The van der Waals surface area contributed by atoms with Crippen molar-refractivity contribution < 1.29 is 14.7 Å². The van der Waals surface area contributed by atoms with Crippen molar-refractivity contribution in [1.29, 1.82) is 0 Å². The molecule has 0 saturated heterocycles. The van der Waals surface area contributed by atoms with Gasteiger partial charge in [-0.1, -0.05) is 86.8 Å². The van der Waals surface area contributed by atoms with Gasteiger partial charge in [-0.05, 0) is 42.8 Å². The first-order chi connectivity index (χ1) is 15.6. The van der Waals surface area contributed by atoms with E-state index in [1.807, 2.05) is 42.5 Å². The number of nitrogens with one attached hydrogen (secondary N) is 1. The number of carboxylic acids is 1. The zero-order valence-electron chi connectivity index (χ0n) is 18.3. The van der Waals surface area contributed by atoms with Gasteiger partial charge in [0.1, 0.15) is 0 Å². The quantitative estimate of drug-likeness (QED) is 0.228. The third-order valence-electron chi connectivity index (χ3n) is 5.27. The minimum Gasteiger partial charge on any atom is -0.478 e. The monoisotopic (exact) mass is 447 g/mol. The summed E-state index contributed by atoms with van der Waals surface area (Å²) >= 11 is 1.65. The van der Waals surface area contributed by atoms with Gasteiger partial charge in [-0.2, -0.15) is 0 Å². The Morgan fingerprint density at radius 2 is 1.50 bits per heavy atom. The minimum absolute atomic E-state index is 0.0158. The average Bonchev–Trinajstić information content (AvgIpc) is 2.82. The van der Waals surface area contributed by atoms with Crippen LogP contribution in [-0.4, -0.2) is 22.9 Å². The number of Topliss-reactive ketones (excluding diaryl/α,β-unsaturated/α-hetero) is 1. The first-order valence-corrected chi connectivity index (χ1v) is 11.9. The lowest BCUT2D eigenvalue weighted by molar-refractivity contribution is 0.0697. The number of hydrogen-bond acceptors (Lipinski definition) is 4. The van der Waals surface area contributed by atoms with Crippen molar-refractivity contribution >= 4 is 29.2 Å². The van der Waals surface area contributed by atoms with Crippen molar-refractivity contribution in [2.24, 2.45) is 0 Å². The molecule has 0 bridgehead atoms. The predicted octanol–water partition coefficient (Wildman–Crippen LogP) is 7.17. The Balaban J connectivity index is 1.76. The van der Waals surface area contributed by atoms with Gasteiger partial charge >= 0.3 is 5.97 Å². The number of aromatic carboxylic acids is 1. The second-order valence-corrected chi connectivity index (χ2v) is 8.85. The second kappa shape index (κ2) is 12.1. The molecule has 0 saturated carbocycles. The van der Waals surface area contributed by atoms with Crippen LogP contribution in [0.2, 0.25) is 0 Å². The fraction of sp³-hybridized carbons (Fsp3) is 0.259. The van der Waals surface area contributed by atoms with Crippen LogP contribution in [0.4, 0.5) is 5.69 Å². The van der Waals surface area contributed by atoms with Gasteiger partial charge in [0.25, 0.3) is 0 Å². The van der Waals surface area contributed by atoms with E-state index in [-0.39, 0.29) is 11.3 Å². The maximum atomic E-state index is 13.3. The molecule has 3 aromatic rings. The van der Waals surface area contributed by atoms with Gasteiger partial charge in [0.05, 0.1) is 11.6 Å². The van der Waals surface area contributed by atoms with Gasteiger partial charge in [0, 0.05) is 21.0 Å². The number of ketones is 1. The summed E-state index contributed by atoms with van der Waals surface area (Å²) in [5.41, 5.74) is 1.28. The highest BCUT2D eigenvalue weighted by atomic mass is 32.2. The molecular weight excluding hydrogens is 418 g/mol. The van der Waals surface area contributed by atoms with Crippen molar-refractivity contribution in [1.82, 2.24) is 0 Å². The molecule has 0 fully saturated rings. The van der Waals surface area contributed by atoms with E-state index in [4.69, 9.17) is 0 Å². The molecule has 0 spiro atoms. The maximum Gasteiger partial charge on any atom is 0.337 e. The van der Waals surface area contributed by atoms with Crippen molar-refractivity contribution in [3.05, 3.63) is 90.0 Å². The van der Waals surface area contributed by atoms with Crippen molar-refractivity contribution in [3.8, 4) is 0 Å². The Hall–Kier alpha value is -3.05. The number of anilines is 1. The van der Waals surface area contributed by atoms with E-state index >= 15 is 0 Å². The van der Waals surface area contributed by atoms with Gasteiger partial charge in [-0.25, -0.2) is 4.79 Å². The summed E-state index contributed by atoms with van der Waals surface area (Å²) in [6.07, 6.45) is 4.86. The first kappa shape index (κ1) is 23.6. The summed E-state index contributed by atoms with van der Waals surface area (Å²) < 4.78 is 0. The molecule has 4 nitrogen and oxygen atoms in total. The van der Waals surface area contributed by atoms with E-state index in [1.165, 1.54) is 0 Å². The number of rotatable bonds is 12. The highest BCUT2D eigenvalue weighted by Crippen LogP contribution is 2.28. The number of carbonyl (C=O) groups excluding carboxylic acids is 1. The summed E-state index contributed by atoms with van der Waals surface area (Å²) in [6.45, 7) is 2.15. The molecule has 1 atom stereocenters. The highest BCUT2D eigenvalue weighted by Gasteiger charge is 2.22. The fourth-order valence-electron chi connectivity index (χ4n) is 3.54. The van der Waals surface area contributed by atoms with Gasteiger partial charge in [-0.3, -0.25) is 4.79 Å². The molecule has 5 heteroatoms. The lowest BCUT2D eigenvalue weighted by Gasteiger charge is -2.20. The van der Waals surface area contributed by atoms with Gasteiger partial charge in [0.15, 0.2) is 5.78 Å². The Morgan fingerprint density at radius 3 is 2.19 bits per heavy atom. The van der Waals surface area contributed by atoms with E-state index in [1.54, 1.807) is 36.0 Å². The lowest BCUT2D eigenvalue weighted by atomic mass is 9.97. The smallest absolute Gasteiger partial charge is 0.337 e. The molecule has 1 unspecified atom stereocenters. The second-order valence-electron chi connectivity index (χ2n) is 7.70. The molecule has 0 aliphatic carbocycles. The van der Waals surface area contributed by atoms with Crippen LogP contribution in [0.15, 0.2) is 88.7 Å². The van der Waals surface area contributed by atoms with E-state index in [2.05, 4.69) is 24.4 Å². The van der Waals surface area contributed by atoms with E-state index in [0.29, 0.717) is 17.7 Å². The summed E-state index contributed by atoms with van der Waals surface area (Å²) in [7, 11) is 0. The number of carboxylic acid groups (broad SMARTS) is 1. The molecule has 3 rings (SSSR count). The van der Waals surface area contributed by atoms with Crippen LogP contribution in [0.1, 0.15) is 59.7 Å². The molecule has 2 N–H and O–H groups in total. The van der Waals surface area contributed by atoms with Crippen LogP contribution in [0, 0.1) is 0 Å². The maximum absolute atomic E-state index is 13.3. The number of benzene rings is 3. The van der Waals surface area contributed by atoms with Gasteiger partial charge < -0.3 is 10.4 Å². The van der Waals surface area contributed by atoms with Crippen molar-refractivity contribution in [2.45, 2.75) is 54.9 Å². The molecule has 3 aromatic carbocycles. The molecule has 0 aliphatic heterocycles. The molecule has 166 valence electrons. The van der Waals surface area contributed by atoms with Crippen LogP contribution in [-0.2, 0) is 0 Å². The fourth-order valence-corrected chi connectivity index (χ4v) is 4.38. The van der Waals surface area contributed by atoms with Crippen LogP contribution in [0.25, 0.3) is 0 Å². The third-order valence-corrected chi connectivity index (χ3v) is 6.28. The number of unbranched alkanes of at least 4 members (excludes halogenated alkanes) is 3. The topological polar surface area (TPSA) is 66.4 Å². The van der Waals surface area contributed by atoms with E-state index in [9.17, 15) is 14.7 Å². The lowest BCUT2D eigenvalue weighted by Crippen LogP contribution is -2.30. The van der Waals surface area contributed by atoms with E-state index < -0.39 is 12.0 Å². The Kier molecular flexibility index (Phi) is 8.93. The summed E-state index contributed by atoms with van der Waals surface area (Å²) in [4.78, 5) is 27.2. The SMILES string of the molecule is CCCCCCC(Nc1ccccc1C(=O)O)C(=O)c1ccc(Sc2ccccc2)cc1. The molecule has 0 heterocycles. The normalized spacial score (nSPS) is 11.7. The number of para-hydroxylation sites is 1. The Morgan fingerprint density at radius 1 is 0.844 bits per heavy atom. The zero-order chi connectivity index (χ0) is 22.8. The largest absolute Gasteiger partial charge is 0.478 e. The first-order valence-electron chi connectivity index (χ1n) is 11.0. The van der Waals surface area contributed by atoms with Crippen molar-refractivity contribution in [2.75, 3.05) is 5.32 Å². The number of carbonyl (C=O) groups is 2. The van der Waals surface area contributed by atoms with Crippen molar-refractivity contribution in [3.63, 3.8) is 0 Å². The molecule has 0 radical (unpaired) electrons. The Labute approximate surface area is 194 Å². The molecule has 0 amide bonds. The summed E-state index contributed by atoms with van der Waals surface area (Å²) in [5.74, 6) is -1.02. The van der Waals surface area contributed by atoms with Crippen LogP contribution < -0.4 is 5.32 Å². The average molecular weight is 448 g/mol. The Bertz CT molecular complexity index is 1020. The van der Waals surface area contributed by atoms with Gasteiger partial charge in [0.2, 0.25) is 0 Å². The molecule has 32 heavy (non-hydrogen) atoms. The molecular formula is C27H29NO3S. The standard InChI is InChI=1S/C27H29NO3S/c1-2-3-4-8-15-25(28-24-14-10-9-13-23(24)27(30)31)26(29)20-16-18-22(19-17-20)32-21-11-6-5-7-12-21/h5-7,9-14,16-19,25,28H,2-4,8,15H2,1H3,(H,30,31). The van der Waals surface area contributed by atoms with E-state index in [0.717, 1.165) is 35.5 Å². The van der Waals surface area contributed by atoms with Gasteiger partial charge in [-0.15, -0.1) is 0 Å². The van der Waals surface area contributed by atoms with Crippen LogP contribution in [0.3, 0.4) is 0 Å². The minimum atomic E-state index is -1.01. The predicted molar refractivity (Wildman–Crippen MR) is 131 cm³/mol. The zero-order valence-corrected chi connectivity index (χ0v) is 19.1. The van der Waals surface area contributed by atoms with Crippen LogP contribution in [0.5, 0.6) is 0 Å². The molecule has 0 aromatic heterocycles. The third kappa shape index (κ3) is 6.72. The molecule has 0 aliphatic rings. The number of hydrogen-bond donors (Lipinski definition) is 2.